The summed E-state index contributed by atoms with van der Waals surface area (Å²) in [7, 11) is 1.61. The fourth-order valence-electron chi connectivity index (χ4n) is 3.00. The second-order valence-electron chi connectivity index (χ2n) is 6.80. The molecule has 7 nitrogen and oxygen atoms in total. The number of anilines is 2. The highest BCUT2D eigenvalue weighted by atomic mass is 35.5. The quantitative estimate of drug-likeness (QED) is 0.325. The van der Waals surface area contributed by atoms with Gasteiger partial charge in [-0.15, -0.1) is 10.2 Å². The van der Waals surface area contributed by atoms with Crippen molar-refractivity contribution >= 4 is 40.0 Å². The molecule has 0 fully saturated rings. The first-order chi connectivity index (χ1) is 15.5. The number of nitrogens with one attached hydrogen (secondary N) is 2. The molecule has 0 bridgehead atoms. The standard InChI is InChI=1S/C24H25ClN4O3/c1-4-6-16(14-17(7-5-2)23(30)26-3)15-32-24-21-20(12-13-31-21)22(28-29-24)27-19-10-8-18(25)9-11-19/h4,6-14H,5,15H2,1-3H3,(H,26,30)(H,27,28)/b6-4-,16-14+,17-7-. The number of hydrogen-bond acceptors (Lipinski definition) is 6. The Balaban J connectivity index is 1.83. The minimum atomic E-state index is -0.153. The summed E-state index contributed by atoms with van der Waals surface area (Å²) in [6.45, 7) is 4.07. The maximum atomic E-state index is 12.1. The van der Waals surface area contributed by atoms with Crippen molar-refractivity contribution < 1.29 is 13.9 Å². The molecule has 2 N–H and O–H groups in total. The molecule has 0 atom stereocenters. The third kappa shape index (κ3) is 5.76. The Hall–Kier alpha value is -3.58. The Morgan fingerprint density at radius 3 is 2.69 bits per heavy atom. The molecule has 0 spiro atoms. The Bertz CT molecular complexity index is 1160. The van der Waals surface area contributed by atoms with Gasteiger partial charge in [-0.05, 0) is 55.3 Å². The van der Waals surface area contributed by atoms with Gasteiger partial charge in [0.2, 0.25) is 5.58 Å². The van der Waals surface area contributed by atoms with Crippen molar-refractivity contribution in [2.24, 2.45) is 0 Å². The maximum absolute atomic E-state index is 12.1. The van der Waals surface area contributed by atoms with Crippen LogP contribution in [0, 0.1) is 0 Å². The zero-order valence-corrected chi connectivity index (χ0v) is 18.9. The SMILES string of the molecule is C\C=C/C(=C\C(=C\CC)C(=O)NC)COc1nnc(Nc2ccc(Cl)cc2)c2ccoc12. The average molecular weight is 453 g/mol. The van der Waals surface area contributed by atoms with E-state index in [0.717, 1.165) is 23.1 Å². The molecule has 0 aliphatic heterocycles. The van der Waals surface area contributed by atoms with E-state index in [0.29, 0.717) is 22.0 Å². The van der Waals surface area contributed by atoms with Crippen molar-refractivity contribution in [3.8, 4) is 5.88 Å². The predicted octanol–water partition coefficient (Wildman–Crippen LogP) is 5.58. The van der Waals surface area contributed by atoms with E-state index < -0.39 is 0 Å². The van der Waals surface area contributed by atoms with E-state index in [1.165, 1.54) is 0 Å². The van der Waals surface area contributed by atoms with Gasteiger partial charge in [0.1, 0.15) is 6.61 Å². The smallest absolute Gasteiger partial charge is 0.278 e. The highest BCUT2D eigenvalue weighted by Crippen LogP contribution is 2.31. The molecular formula is C24H25ClN4O3. The van der Waals surface area contributed by atoms with Crippen LogP contribution in [0.3, 0.4) is 0 Å². The minimum absolute atomic E-state index is 0.153. The third-order valence-corrected chi connectivity index (χ3v) is 4.72. The number of furan rings is 1. The molecule has 0 saturated heterocycles. The summed E-state index contributed by atoms with van der Waals surface area (Å²) in [5, 5.41) is 15.7. The van der Waals surface area contributed by atoms with Crippen molar-refractivity contribution in [2.75, 3.05) is 19.0 Å². The number of allylic oxidation sites excluding steroid dienone is 2. The number of hydrogen-bond donors (Lipinski definition) is 2. The first-order valence-corrected chi connectivity index (χ1v) is 10.6. The number of likely N-dealkylation sites (N-methyl/N-ethyl adjacent to an activating group) is 1. The number of ether oxygens (including phenoxy) is 1. The van der Waals surface area contributed by atoms with Crippen LogP contribution in [0.1, 0.15) is 20.3 Å². The minimum Gasteiger partial charge on any atom is -0.469 e. The number of carbonyl (C=O) groups excluding carboxylic acids is 1. The third-order valence-electron chi connectivity index (χ3n) is 4.47. The van der Waals surface area contributed by atoms with E-state index in [4.69, 9.17) is 20.8 Å². The normalized spacial score (nSPS) is 12.4. The monoisotopic (exact) mass is 452 g/mol. The fourth-order valence-corrected chi connectivity index (χ4v) is 3.12. The lowest BCUT2D eigenvalue weighted by atomic mass is 10.1. The lowest BCUT2D eigenvalue weighted by Crippen LogP contribution is -2.19. The number of fused-ring (bicyclic) bond motifs is 1. The van der Waals surface area contributed by atoms with E-state index in [1.807, 2.05) is 44.2 Å². The van der Waals surface area contributed by atoms with Crippen molar-refractivity contribution in [3.05, 3.63) is 77.1 Å². The summed E-state index contributed by atoms with van der Waals surface area (Å²) >= 11 is 5.95. The summed E-state index contributed by atoms with van der Waals surface area (Å²) in [5.74, 6) is 0.656. The predicted molar refractivity (Wildman–Crippen MR) is 127 cm³/mol. The molecule has 3 rings (SSSR count). The van der Waals surface area contributed by atoms with Gasteiger partial charge in [0.05, 0.1) is 11.6 Å². The lowest BCUT2D eigenvalue weighted by molar-refractivity contribution is -0.116. The van der Waals surface area contributed by atoms with Gasteiger partial charge < -0.3 is 19.8 Å². The number of benzene rings is 1. The van der Waals surface area contributed by atoms with E-state index in [2.05, 4.69) is 20.8 Å². The molecule has 0 unspecified atom stereocenters. The highest BCUT2D eigenvalue weighted by molar-refractivity contribution is 6.30. The number of aromatic nitrogens is 2. The van der Waals surface area contributed by atoms with E-state index in [1.54, 1.807) is 37.6 Å². The molecule has 0 aliphatic carbocycles. The van der Waals surface area contributed by atoms with Crippen LogP contribution in [0.25, 0.3) is 11.0 Å². The Labute approximate surface area is 191 Å². The molecule has 8 heteroatoms. The van der Waals surface area contributed by atoms with Crippen LogP contribution in [0.4, 0.5) is 11.5 Å². The second kappa shape index (κ2) is 11.2. The summed E-state index contributed by atoms with van der Waals surface area (Å²) in [6.07, 6.45) is 9.73. The number of halogens is 1. The summed E-state index contributed by atoms with van der Waals surface area (Å²) < 4.78 is 11.5. The molecule has 3 aromatic rings. The van der Waals surface area contributed by atoms with Crippen LogP contribution >= 0.6 is 11.6 Å². The van der Waals surface area contributed by atoms with E-state index >= 15 is 0 Å². The largest absolute Gasteiger partial charge is 0.469 e. The zero-order chi connectivity index (χ0) is 22.9. The maximum Gasteiger partial charge on any atom is 0.278 e. The number of nitrogens with zero attached hydrogens (tertiary/aromatic N) is 2. The highest BCUT2D eigenvalue weighted by Gasteiger charge is 2.15. The number of rotatable bonds is 9. The van der Waals surface area contributed by atoms with E-state index in [9.17, 15) is 4.79 Å². The molecule has 0 radical (unpaired) electrons. The topological polar surface area (TPSA) is 89.3 Å². The Morgan fingerprint density at radius 2 is 2.00 bits per heavy atom. The van der Waals surface area contributed by atoms with Gasteiger partial charge in [-0.2, -0.15) is 0 Å². The van der Waals surface area contributed by atoms with Gasteiger partial charge in [-0.3, -0.25) is 4.79 Å². The van der Waals surface area contributed by atoms with Gasteiger partial charge in [-0.25, -0.2) is 0 Å². The average Bonchev–Trinajstić information content (AvgIpc) is 3.29. The van der Waals surface area contributed by atoms with Crippen molar-refractivity contribution in [1.82, 2.24) is 15.5 Å². The fraction of sp³-hybridized carbons (Fsp3) is 0.208. The van der Waals surface area contributed by atoms with Gasteiger partial charge in [0.25, 0.3) is 11.8 Å². The van der Waals surface area contributed by atoms with Crippen LogP contribution in [-0.4, -0.2) is 29.8 Å². The molecule has 2 aromatic heterocycles. The van der Waals surface area contributed by atoms with Gasteiger partial charge in [0, 0.05) is 23.3 Å². The molecular weight excluding hydrogens is 428 g/mol. The first kappa shape index (κ1) is 23.1. The molecule has 2 heterocycles. The van der Waals surface area contributed by atoms with Crippen LogP contribution in [0.2, 0.25) is 5.02 Å². The van der Waals surface area contributed by atoms with Crippen molar-refractivity contribution in [3.63, 3.8) is 0 Å². The number of carbonyl (C=O) groups is 1. The van der Waals surface area contributed by atoms with Gasteiger partial charge in [0.15, 0.2) is 5.82 Å². The summed E-state index contributed by atoms with van der Waals surface area (Å²) in [4.78, 5) is 12.1. The van der Waals surface area contributed by atoms with Crippen LogP contribution < -0.4 is 15.4 Å². The Morgan fingerprint density at radius 1 is 1.22 bits per heavy atom. The van der Waals surface area contributed by atoms with Gasteiger partial charge >= 0.3 is 0 Å². The molecule has 0 saturated carbocycles. The van der Waals surface area contributed by atoms with E-state index in [-0.39, 0.29) is 18.4 Å². The molecule has 166 valence electrons. The first-order valence-electron chi connectivity index (χ1n) is 10.2. The molecule has 32 heavy (non-hydrogen) atoms. The lowest BCUT2D eigenvalue weighted by Gasteiger charge is -2.10. The van der Waals surface area contributed by atoms with Crippen molar-refractivity contribution in [2.45, 2.75) is 20.3 Å². The van der Waals surface area contributed by atoms with Crippen LogP contribution in [-0.2, 0) is 4.79 Å². The molecule has 1 amide bonds. The zero-order valence-electron chi connectivity index (χ0n) is 18.2. The van der Waals surface area contributed by atoms with Crippen LogP contribution in [0.5, 0.6) is 5.88 Å². The van der Waals surface area contributed by atoms with Crippen LogP contribution in [0.15, 0.2) is 76.5 Å². The molecule has 0 aliphatic rings. The summed E-state index contributed by atoms with van der Waals surface area (Å²) in [6, 6.07) is 9.07. The second-order valence-corrected chi connectivity index (χ2v) is 7.24. The summed E-state index contributed by atoms with van der Waals surface area (Å²) in [5.41, 5.74) is 2.68. The van der Waals surface area contributed by atoms with Crippen molar-refractivity contribution in [1.29, 1.82) is 0 Å². The molecule has 1 aromatic carbocycles. The van der Waals surface area contributed by atoms with Gasteiger partial charge in [-0.1, -0.05) is 36.8 Å². The Kier molecular flexibility index (Phi) is 8.05. The number of amides is 1.